The van der Waals surface area contributed by atoms with Gasteiger partial charge in [-0.1, -0.05) is 50.6 Å². The number of carbonyl (C=O) groups is 1. The average molecular weight is 338 g/mol. The van der Waals surface area contributed by atoms with E-state index in [-0.39, 0.29) is 5.41 Å². The second-order valence-corrected chi connectivity index (χ2v) is 7.59. The zero-order valence-electron chi connectivity index (χ0n) is 14.1. The molecule has 124 valence electrons. The molecule has 4 heteroatoms. The van der Waals surface area contributed by atoms with Crippen molar-refractivity contribution in [1.82, 2.24) is 4.98 Å². The number of nitrogens with zero attached hydrogens (tertiary/aromatic N) is 1. The summed E-state index contributed by atoms with van der Waals surface area (Å²) in [6.45, 7) is 4.36. The van der Waals surface area contributed by atoms with Crippen molar-refractivity contribution in [3.63, 3.8) is 0 Å². The zero-order valence-corrected chi connectivity index (χ0v) is 15.0. The van der Waals surface area contributed by atoms with E-state index in [9.17, 15) is 4.79 Å². The Labute approximate surface area is 146 Å². The van der Waals surface area contributed by atoms with Gasteiger partial charge in [0.15, 0.2) is 5.78 Å². The molecule has 1 aromatic heterocycles. The molecule has 0 saturated heterocycles. The fourth-order valence-corrected chi connectivity index (χ4v) is 5.37. The van der Waals surface area contributed by atoms with Gasteiger partial charge in [0.1, 0.15) is 5.82 Å². The molecular formula is C20H22N2OS. The van der Waals surface area contributed by atoms with Gasteiger partial charge in [0.2, 0.25) is 0 Å². The molecule has 1 aliphatic heterocycles. The van der Waals surface area contributed by atoms with Gasteiger partial charge in [-0.2, -0.15) is 0 Å². The molecule has 4 rings (SSSR count). The van der Waals surface area contributed by atoms with E-state index in [2.05, 4.69) is 48.4 Å². The normalized spacial score (nSPS) is 25.9. The summed E-state index contributed by atoms with van der Waals surface area (Å²) in [5.74, 6) is 1.68. The topological polar surface area (TPSA) is 42.0 Å². The largest absolute Gasteiger partial charge is 0.342 e. The van der Waals surface area contributed by atoms with Gasteiger partial charge >= 0.3 is 0 Å². The number of fused-ring (bicyclic) bond motifs is 1. The summed E-state index contributed by atoms with van der Waals surface area (Å²) in [5.41, 5.74) is 4.83. The van der Waals surface area contributed by atoms with E-state index in [4.69, 9.17) is 0 Å². The van der Waals surface area contributed by atoms with E-state index in [0.29, 0.717) is 18.1 Å². The summed E-state index contributed by atoms with van der Waals surface area (Å²) < 4.78 is 0. The molecule has 1 aromatic carbocycles. The Morgan fingerprint density at radius 1 is 1.25 bits per heavy atom. The smallest absolute Gasteiger partial charge is 0.162 e. The van der Waals surface area contributed by atoms with E-state index in [0.717, 1.165) is 36.4 Å². The highest BCUT2D eigenvalue weighted by Gasteiger charge is 2.48. The fourth-order valence-electron chi connectivity index (χ4n) is 4.33. The molecule has 0 saturated carbocycles. The molecule has 2 aromatic rings. The lowest BCUT2D eigenvalue weighted by molar-refractivity contribution is -0.117. The number of rotatable bonds is 3. The van der Waals surface area contributed by atoms with Crippen molar-refractivity contribution in [1.29, 1.82) is 0 Å². The first-order valence-corrected chi connectivity index (χ1v) is 9.62. The Kier molecular flexibility index (Phi) is 3.80. The highest BCUT2D eigenvalue weighted by molar-refractivity contribution is 7.10. The monoisotopic (exact) mass is 338 g/mol. The van der Waals surface area contributed by atoms with Gasteiger partial charge in [-0.15, -0.1) is 11.3 Å². The molecule has 1 N–H and O–H groups in total. The minimum absolute atomic E-state index is 0.306. The highest BCUT2D eigenvalue weighted by Crippen LogP contribution is 2.53. The molecule has 2 atom stereocenters. The number of thiazole rings is 1. The lowest BCUT2D eigenvalue weighted by atomic mass is 9.64. The fraction of sp³-hybridized carbons (Fsp3) is 0.400. The van der Waals surface area contributed by atoms with E-state index >= 15 is 0 Å². The van der Waals surface area contributed by atoms with Crippen LogP contribution >= 0.6 is 11.3 Å². The van der Waals surface area contributed by atoms with Crippen molar-refractivity contribution < 1.29 is 4.79 Å². The first-order valence-electron chi connectivity index (χ1n) is 8.74. The number of Topliss-reactive ketones (excluding diaryl/α,β-unsaturated/α-hetero) is 1. The van der Waals surface area contributed by atoms with Gasteiger partial charge < -0.3 is 5.32 Å². The maximum Gasteiger partial charge on any atom is 0.162 e. The van der Waals surface area contributed by atoms with Crippen LogP contribution in [-0.4, -0.2) is 10.8 Å². The number of hydrogen-bond acceptors (Lipinski definition) is 4. The first kappa shape index (κ1) is 15.6. The van der Waals surface area contributed by atoms with Crippen LogP contribution < -0.4 is 5.32 Å². The molecule has 0 bridgehead atoms. The van der Waals surface area contributed by atoms with Crippen LogP contribution in [-0.2, 0) is 10.2 Å². The molecule has 2 aliphatic rings. The van der Waals surface area contributed by atoms with E-state index in [1.807, 2.05) is 11.6 Å². The van der Waals surface area contributed by atoms with Crippen LogP contribution in [0.3, 0.4) is 0 Å². The highest BCUT2D eigenvalue weighted by atomic mass is 32.1. The molecule has 0 unspecified atom stereocenters. The van der Waals surface area contributed by atoms with Crippen LogP contribution in [0.2, 0.25) is 0 Å². The van der Waals surface area contributed by atoms with Gasteiger partial charge in [-0.25, -0.2) is 4.98 Å². The Morgan fingerprint density at radius 2 is 2.04 bits per heavy atom. The molecule has 24 heavy (non-hydrogen) atoms. The molecule has 0 amide bonds. The molecule has 1 aliphatic carbocycles. The Balaban J connectivity index is 1.99. The molecule has 2 heterocycles. The van der Waals surface area contributed by atoms with Crippen molar-refractivity contribution in [2.45, 2.75) is 44.9 Å². The second-order valence-electron chi connectivity index (χ2n) is 6.74. The van der Waals surface area contributed by atoms with Crippen LogP contribution in [0.4, 0.5) is 5.82 Å². The van der Waals surface area contributed by atoms with Crippen molar-refractivity contribution in [2.24, 2.45) is 5.92 Å². The standard InChI is InChI=1S/C20H22N2OS/c1-3-13-10-15-17(16(23)11-13)20(4-2,14-8-6-5-7-9-14)18-19(22-15)21-12-24-18/h5-9,12-13,22H,3-4,10-11H2,1-2H3/t13-,20+/m0/s1. The Morgan fingerprint density at radius 3 is 2.75 bits per heavy atom. The van der Waals surface area contributed by atoms with Crippen LogP contribution in [0.15, 0.2) is 47.1 Å². The number of hydrogen-bond donors (Lipinski definition) is 1. The maximum atomic E-state index is 13.2. The Hall–Kier alpha value is -1.94. The summed E-state index contributed by atoms with van der Waals surface area (Å²) in [7, 11) is 0. The third kappa shape index (κ3) is 2.09. The molecule has 0 spiro atoms. The van der Waals surface area contributed by atoms with E-state index < -0.39 is 0 Å². The van der Waals surface area contributed by atoms with E-state index in [1.54, 1.807) is 11.3 Å². The number of ketones is 1. The number of allylic oxidation sites excluding steroid dienone is 2. The van der Waals surface area contributed by atoms with Gasteiger partial charge in [0.25, 0.3) is 0 Å². The minimum atomic E-state index is -0.353. The second kappa shape index (κ2) is 5.85. The molecular weight excluding hydrogens is 316 g/mol. The zero-order chi connectivity index (χ0) is 16.7. The van der Waals surface area contributed by atoms with Crippen molar-refractivity contribution in [3.8, 4) is 0 Å². The number of anilines is 1. The predicted molar refractivity (Wildman–Crippen MR) is 98.3 cm³/mol. The summed E-state index contributed by atoms with van der Waals surface area (Å²) in [6, 6.07) is 10.5. The van der Waals surface area contributed by atoms with Crippen molar-refractivity contribution in [3.05, 3.63) is 57.6 Å². The lowest BCUT2D eigenvalue weighted by Gasteiger charge is -2.42. The van der Waals surface area contributed by atoms with Gasteiger partial charge in [0.05, 0.1) is 15.8 Å². The first-order chi connectivity index (χ1) is 11.7. The summed E-state index contributed by atoms with van der Waals surface area (Å²) in [6.07, 6.45) is 3.52. The van der Waals surface area contributed by atoms with Gasteiger partial charge in [-0.3, -0.25) is 4.79 Å². The number of aromatic nitrogens is 1. The number of benzene rings is 1. The third-order valence-electron chi connectivity index (χ3n) is 5.57. The molecule has 3 nitrogen and oxygen atoms in total. The van der Waals surface area contributed by atoms with Gasteiger partial charge in [-0.05, 0) is 24.3 Å². The van der Waals surface area contributed by atoms with E-state index in [1.165, 1.54) is 10.4 Å². The molecule has 0 fully saturated rings. The minimum Gasteiger partial charge on any atom is -0.342 e. The maximum absolute atomic E-state index is 13.2. The quantitative estimate of drug-likeness (QED) is 0.865. The summed E-state index contributed by atoms with van der Waals surface area (Å²) in [4.78, 5) is 18.9. The van der Waals surface area contributed by atoms with Crippen LogP contribution in [0, 0.1) is 5.92 Å². The Bertz CT molecular complexity index is 808. The lowest BCUT2D eigenvalue weighted by Crippen LogP contribution is -2.41. The summed E-state index contributed by atoms with van der Waals surface area (Å²) in [5, 5.41) is 3.49. The van der Waals surface area contributed by atoms with Crippen molar-refractivity contribution in [2.75, 3.05) is 5.32 Å². The number of nitrogens with one attached hydrogen (secondary N) is 1. The molecule has 0 radical (unpaired) electrons. The van der Waals surface area contributed by atoms with Crippen LogP contribution in [0.25, 0.3) is 0 Å². The van der Waals surface area contributed by atoms with Crippen molar-refractivity contribution >= 4 is 22.9 Å². The van der Waals surface area contributed by atoms with Gasteiger partial charge in [0, 0.05) is 17.7 Å². The SMILES string of the molecule is CC[C@@H]1CC(=O)C2=C(C1)Nc1ncsc1[C@]2(CC)c1ccccc1. The predicted octanol–water partition coefficient (Wildman–Crippen LogP) is 4.91. The van der Waals surface area contributed by atoms with Crippen LogP contribution in [0.5, 0.6) is 0 Å². The average Bonchev–Trinajstić information content (AvgIpc) is 3.09. The third-order valence-corrected chi connectivity index (χ3v) is 6.56. The number of carbonyl (C=O) groups excluding carboxylic acids is 1. The van der Waals surface area contributed by atoms with Crippen LogP contribution in [0.1, 0.15) is 50.0 Å². The summed E-state index contributed by atoms with van der Waals surface area (Å²) >= 11 is 1.66.